The Bertz CT molecular complexity index is 709. The van der Waals surface area contributed by atoms with Crippen LogP contribution in [-0.4, -0.2) is 31.2 Å². The first-order chi connectivity index (χ1) is 10.6. The number of carbonyl (C=O) groups is 1. The highest BCUT2D eigenvalue weighted by Crippen LogP contribution is 2.19. The SMILES string of the molecule is COC(=O)Cc1cc2ccc(OCCCCN)cc2[nH]c1=O. The lowest BCUT2D eigenvalue weighted by molar-refractivity contribution is -0.139. The average Bonchev–Trinajstić information content (AvgIpc) is 2.52. The van der Waals surface area contributed by atoms with Crippen molar-refractivity contribution in [1.29, 1.82) is 0 Å². The number of esters is 1. The van der Waals surface area contributed by atoms with Gasteiger partial charge < -0.3 is 20.2 Å². The van der Waals surface area contributed by atoms with Gasteiger partial charge in [-0.3, -0.25) is 9.59 Å². The van der Waals surface area contributed by atoms with Crippen LogP contribution in [0.3, 0.4) is 0 Å². The Labute approximate surface area is 128 Å². The summed E-state index contributed by atoms with van der Waals surface area (Å²) in [5, 5.41) is 0.841. The smallest absolute Gasteiger partial charge is 0.310 e. The van der Waals surface area contributed by atoms with E-state index in [0.29, 0.717) is 30.0 Å². The molecule has 0 bridgehead atoms. The maximum absolute atomic E-state index is 12.0. The number of nitrogens with two attached hydrogens (primary N) is 1. The third-order valence-corrected chi connectivity index (χ3v) is 3.32. The number of hydrogen-bond donors (Lipinski definition) is 2. The molecular formula is C16H20N2O4. The molecule has 0 aliphatic heterocycles. The lowest BCUT2D eigenvalue weighted by atomic mass is 10.1. The number of carbonyl (C=O) groups excluding carboxylic acids is 1. The maximum Gasteiger partial charge on any atom is 0.310 e. The molecule has 0 saturated carbocycles. The van der Waals surface area contributed by atoms with Crippen LogP contribution in [-0.2, 0) is 16.0 Å². The number of aromatic nitrogens is 1. The van der Waals surface area contributed by atoms with Gasteiger partial charge in [0.15, 0.2) is 0 Å². The van der Waals surface area contributed by atoms with Crippen molar-refractivity contribution in [3.63, 3.8) is 0 Å². The molecule has 2 aromatic rings. The zero-order chi connectivity index (χ0) is 15.9. The van der Waals surface area contributed by atoms with Gasteiger partial charge in [-0.25, -0.2) is 0 Å². The molecule has 22 heavy (non-hydrogen) atoms. The topological polar surface area (TPSA) is 94.4 Å². The van der Waals surface area contributed by atoms with Crippen molar-refractivity contribution < 1.29 is 14.3 Å². The van der Waals surface area contributed by atoms with E-state index in [2.05, 4.69) is 9.72 Å². The summed E-state index contributed by atoms with van der Waals surface area (Å²) in [6.07, 6.45) is 1.77. The first kappa shape index (κ1) is 16.0. The second-order valence-electron chi connectivity index (χ2n) is 4.97. The number of rotatable bonds is 7. The number of unbranched alkanes of at least 4 members (excludes halogenated alkanes) is 1. The van der Waals surface area contributed by atoms with Gasteiger partial charge in [-0.15, -0.1) is 0 Å². The van der Waals surface area contributed by atoms with E-state index in [1.807, 2.05) is 12.1 Å². The fourth-order valence-electron chi connectivity index (χ4n) is 2.11. The molecule has 0 aliphatic rings. The molecule has 0 unspecified atom stereocenters. The van der Waals surface area contributed by atoms with E-state index >= 15 is 0 Å². The third-order valence-electron chi connectivity index (χ3n) is 3.32. The summed E-state index contributed by atoms with van der Waals surface area (Å²) in [5.74, 6) is 0.255. The zero-order valence-electron chi connectivity index (χ0n) is 12.6. The monoisotopic (exact) mass is 304 g/mol. The Kier molecular flexibility index (Phi) is 5.55. The first-order valence-electron chi connectivity index (χ1n) is 7.19. The van der Waals surface area contributed by atoms with Crippen LogP contribution >= 0.6 is 0 Å². The normalized spacial score (nSPS) is 10.6. The molecule has 0 saturated heterocycles. The minimum absolute atomic E-state index is 0.0425. The summed E-state index contributed by atoms with van der Waals surface area (Å²) < 4.78 is 10.2. The minimum atomic E-state index is -0.440. The molecule has 1 aromatic carbocycles. The second kappa shape index (κ2) is 7.61. The lowest BCUT2D eigenvalue weighted by Crippen LogP contribution is -2.17. The standard InChI is InChI=1S/C16H20N2O4/c1-21-15(19)9-12-8-11-4-5-13(22-7-3-2-6-17)10-14(11)18-16(12)20/h4-5,8,10H,2-3,6-7,9,17H2,1H3,(H,18,20). The minimum Gasteiger partial charge on any atom is -0.494 e. The van der Waals surface area contributed by atoms with Crippen LogP contribution in [0.25, 0.3) is 10.9 Å². The zero-order valence-corrected chi connectivity index (χ0v) is 12.6. The number of pyridine rings is 1. The summed E-state index contributed by atoms with van der Waals surface area (Å²) >= 11 is 0. The van der Waals surface area contributed by atoms with E-state index in [4.69, 9.17) is 10.5 Å². The van der Waals surface area contributed by atoms with Crippen LogP contribution in [0.5, 0.6) is 5.75 Å². The molecule has 0 aliphatic carbocycles. The maximum atomic E-state index is 12.0. The van der Waals surface area contributed by atoms with Crippen LogP contribution in [0.4, 0.5) is 0 Å². The number of benzene rings is 1. The van der Waals surface area contributed by atoms with Crippen LogP contribution in [0.1, 0.15) is 18.4 Å². The first-order valence-corrected chi connectivity index (χ1v) is 7.19. The molecule has 0 amide bonds. The number of ether oxygens (including phenoxy) is 2. The Hall–Kier alpha value is -2.34. The van der Waals surface area contributed by atoms with Gasteiger partial charge in [0.05, 0.1) is 25.7 Å². The van der Waals surface area contributed by atoms with Crippen molar-refractivity contribution >= 4 is 16.9 Å². The molecule has 6 heteroatoms. The Morgan fingerprint density at radius 1 is 1.27 bits per heavy atom. The molecular weight excluding hydrogens is 284 g/mol. The van der Waals surface area contributed by atoms with Crippen LogP contribution in [0, 0.1) is 0 Å². The number of H-pyrrole nitrogens is 1. The molecule has 118 valence electrons. The van der Waals surface area contributed by atoms with Gasteiger partial charge in [-0.1, -0.05) is 0 Å². The summed E-state index contributed by atoms with van der Waals surface area (Å²) in [5.41, 5.74) is 6.20. The number of nitrogens with one attached hydrogen (secondary N) is 1. The molecule has 1 heterocycles. The van der Waals surface area contributed by atoms with Gasteiger partial charge in [0.2, 0.25) is 0 Å². The number of methoxy groups -OCH3 is 1. The van der Waals surface area contributed by atoms with Crippen LogP contribution in [0.2, 0.25) is 0 Å². The van der Waals surface area contributed by atoms with Gasteiger partial charge in [0, 0.05) is 11.6 Å². The molecule has 0 spiro atoms. The van der Waals surface area contributed by atoms with Crippen molar-refractivity contribution in [3.05, 3.63) is 40.2 Å². The molecule has 2 rings (SSSR count). The van der Waals surface area contributed by atoms with E-state index in [1.54, 1.807) is 12.1 Å². The van der Waals surface area contributed by atoms with E-state index in [1.165, 1.54) is 7.11 Å². The predicted octanol–water partition coefficient (Wildman–Crippen LogP) is 1.36. The van der Waals surface area contributed by atoms with Gasteiger partial charge in [-0.05, 0) is 43.0 Å². The quantitative estimate of drug-likeness (QED) is 0.595. The van der Waals surface area contributed by atoms with Crippen molar-refractivity contribution in [3.8, 4) is 5.75 Å². The van der Waals surface area contributed by atoms with Crippen LogP contribution in [0.15, 0.2) is 29.1 Å². The van der Waals surface area contributed by atoms with E-state index in [-0.39, 0.29) is 12.0 Å². The van der Waals surface area contributed by atoms with Gasteiger partial charge in [0.25, 0.3) is 5.56 Å². The highest BCUT2D eigenvalue weighted by atomic mass is 16.5. The average molecular weight is 304 g/mol. The summed E-state index contributed by atoms with van der Waals surface area (Å²) in [6, 6.07) is 7.17. The fraction of sp³-hybridized carbons (Fsp3) is 0.375. The van der Waals surface area contributed by atoms with Gasteiger partial charge >= 0.3 is 5.97 Å². The predicted molar refractivity (Wildman–Crippen MR) is 84.1 cm³/mol. The lowest BCUT2D eigenvalue weighted by Gasteiger charge is -2.08. The Morgan fingerprint density at radius 2 is 2.09 bits per heavy atom. The number of aromatic amines is 1. The van der Waals surface area contributed by atoms with E-state index < -0.39 is 5.97 Å². The Balaban J connectivity index is 2.18. The van der Waals surface area contributed by atoms with Crippen molar-refractivity contribution in [2.75, 3.05) is 20.3 Å². The largest absolute Gasteiger partial charge is 0.494 e. The molecule has 1 aromatic heterocycles. The fourth-order valence-corrected chi connectivity index (χ4v) is 2.11. The second-order valence-corrected chi connectivity index (χ2v) is 4.97. The molecule has 3 N–H and O–H groups in total. The molecule has 0 radical (unpaired) electrons. The third kappa shape index (κ3) is 4.08. The highest BCUT2D eigenvalue weighted by Gasteiger charge is 2.09. The van der Waals surface area contributed by atoms with E-state index in [0.717, 1.165) is 18.2 Å². The van der Waals surface area contributed by atoms with Crippen molar-refractivity contribution in [1.82, 2.24) is 4.98 Å². The summed E-state index contributed by atoms with van der Waals surface area (Å²) in [4.78, 5) is 26.0. The van der Waals surface area contributed by atoms with E-state index in [9.17, 15) is 9.59 Å². The molecule has 0 fully saturated rings. The highest BCUT2D eigenvalue weighted by molar-refractivity contribution is 5.82. The summed E-state index contributed by atoms with van der Waals surface area (Å²) in [7, 11) is 1.30. The molecule has 0 atom stereocenters. The number of hydrogen-bond acceptors (Lipinski definition) is 5. The van der Waals surface area contributed by atoms with Gasteiger partial charge in [-0.2, -0.15) is 0 Å². The number of fused-ring (bicyclic) bond motifs is 1. The summed E-state index contributed by atoms with van der Waals surface area (Å²) in [6.45, 7) is 1.24. The van der Waals surface area contributed by atoms with Gasteiger partial charge in [0.1, 0.15) is 5.75 Å². The molecule has 6 nitrogen and oxygen atoms in total. The Morgan fingerprint density at radius 3 is 2.82 bits per heavy atom. The van der Waals surface area contributed by atoms with Crippen LogP contribution < -0.4 is 16.0 Å². The van der Waals surface area contributed by atoms with Crippen molar-refractivity contribution in [2.24, 2.45) is 5.73 Å². The van der Waals surface area contributed by atoms with Crippen molar-refractivity contribution in [2.45, 2.75) is 19.3 Å².